The van der Waals surface area contributed by atoms with Crippen LogP contribution < -0.4 is 10.1 Å². The van der Waals surface area contributed by atoms with Crippen LogP contribution in [0.3, 0.4) is 0 Å². The molecule has 2 aromatic rings. The van der Waals surface area contributed by atoms with E-state index in [9.17, 15) is 0 Å². The van der Waals surface area contributed by atoms with Gasteiger partial charge in [0.2, 0.25) is 0 Å². The van der Waals surface area contributed by atoms with Gasteiger partial charge in [-0.1, -0.05) is 23.7 Å². The smallest absolute Gasteiger partial charge is 0.118 e. The number of benzene rings is 2. The zero-order chi connectivity index (χ0) is 13.7. The van der Waals surface area contributed by atoms with Gasteiger partial charge in [-0.05, 0) is 58.2 Å². The molecule has 2 nitrogen and oxygen atoms in total. The Hall–Kier alpha value is -1.19. The molecule has 2 aromatic carbocycles. The number of anilines is 1. The summed E-state index contributed by atoms with van der Waals surface area (Å²) in [4.78, 5) is 0. The Morgan fingerprint density at radius 3 is 2.53 bits per heavy atom. The van der Waals surface area contributed by atoms with Gasteiger partial charge in [-0.15, -0.1) is 0 Å². The average Bonchev–Trinajstić information content (AvgIpc) is 2.43. The summed E-state index contributed by atoms with van der Waals surface area (Å²) in [5.41, 5.74) is 2.34. The van der Waals surface area contributed by atoms with Crippen molar-refractivity contribution >= 4 is 33.2 Å². The molecule has 4 heteroatoms. The number of halogens is 2. The number of methoxy groups -OCH3 is 1. The van der Waals surface area contributed by atoms with Gasteiger partial charge >= 0.3 is 0 Å². The first-order valence-electron chi connectivity index (χ1n) is 6.01. The van der Waals surface area contributed by atoms with E-state index in [0.29, 0.717) is 0 Å². The van der Waals surface area contributed by atoms with Crippen LogP contribution in [0.5, 0.6) is 5.75 Å². The lowest BCUT2D eigenvalue weighted by Crippen LogP contribution is -2.04. The van der Waals surface area contributed by atoms with Gasteiger partial charge in [0, 0.05) is 16.7 Å². The Labute approximate surface area is 126 Å². The third kappa shape index (κ3) is 4.15. The normalized spacial score (nSPS) is 10.3. The van der Waals surface area contributed by atoms with Crippen molar-refractivity contribution in [3.63, 3.8) is 0 Å². The van der Waals surface area contributed by atoms with E-state index in [2.05, 4.69) is 33.4 Å². The van der Waals surface area contributed by atoms with Gasteiger partial charge in [0.15, 0.2) is 0 Å². The van der Waals surface area contributed by atoms with Crippen LogP contribution >= 0.6 is 27.5 Å². The molecule has 0 aromatic heterocycles. The van der Waals surface area contributed by atoms with Crippen molar-refractivity contribution < 1.29 is 4.74 Å². The highest BCUT2D eigenvalue weighted by Gasteiger charge is 1.99. The number of nitrogens with one attached hydrogen (secondary N) is 1. The second kappa shape index (κ2) is 6.83. The summed E-state index contributed by atoms with van der Waals surface area (Å²) in [6.07, 6.45) is 0.963. The molecule has 0 fully saturated rings. The molecule has 0 saturated heterocycles. The summed E-state index contributed by atoms with van der Waals surface area (Å²) < 4.78 is 6.04. The second-order valence-corrected chi connectivity index (χ2v) is 5.42. The summed E-state index contributed by atoms with van der Waals surface area (Å²) in [6.45, 7) is 0.875. The van der Waals surface area contributed by atoms with Gasteiger partial charge in [0.1, 0.15) is 5.75 Å². The predicted molar refractivity (Wildman–Crippen MR) is 84.3 cm³/mol. The lowest BCUT2D eigenvalue weighted by Gasteiger charge is -2.08. The molecule has 0 unspecified atom stereocenters. The summed E-state index contributed by atoms with van der Waals surface area (Å²) in [7, 11) is 1.68. The second-order valence-electron chi connectivity index (χ2n) is 4.15. The standard InChI is InChI=1S/C15H15BrClNO/c1-19-13-5-2-11(3-6-13)8-9-18-12-4-7-15(17)14(16)10-12/h2-7,10,18H,8-9H2,1H3. The zero-order valence-electron chi connectivity index (χ0n) is 10.6. The van der Waals surface area contributed by atoms with Crippen molar-refractivity contribution in [3.05, 3.63) is 57.5 Å². The average molecular weight is 341 g/mol. The Morgan fingerprint density at radius 2 is 1.89 bits per heavy atom. The Balaban J connectivity index is 1.86. The van der Waals surface area contributed by atoms with E-state index in [1.807, 2.05) is 30.3 Å². The van der Waals surface area contributed by atoms with Gasteiger partial charge in [-0.25, -0.2) is 0 Å². The van der Waals surface area contributed by atoms with Crippen molar-refractivity contribution in [2.24, 2.45) is 0 Å². The minimum Gasteiger partial charge on any atom is -0.497 e. The SMILES string of the molecule is COc1ccc(CCNc2ccc(Cl)c(Br)c2)cc1. The molecule has 1 N–H and O–H groups in total. The zero-order valence-corrected chi connectivity index (χ0v) is 13.0. The van der Waals surface area contributed by atoms with Crippen LogP contribution in [-0.4, -0.2) is 13.7 Å². The lowest BCUT2D eigenvalue weighted by molar-refractivity contribution is 0.414. The first-order chi connectivity index (χ1) is 9.19. The van der Waals surface area contributed by atoms with E-state index in [0.717, 1.165) is 33.9 Å². The van der Waals surface area contributed by atoms with E-state index in [1.54, 1.807) is 7.11 Å². The van der Waals surface area contributed by atoms with Gasteiger partial charge in [0.25, 0.3) is 0 Å². The minimum atomic E-state index is 0.723. The van der Waals surface area contributed by atoms with Crippen LogP contribution in [0.4, 0.5) is 5.69 Å². The Morgan fingerprint density at radius 1 is 1.16 bits per heavy atom. The molecular formula is C15H15BrClNO. The van der Waals surface area contributed by atoms with Crippen LogP contribution in [0.1, 0.15) is 5.56 Å². The van der Waals surface area contributed by atoms with E-state index >= 15 is 0 Å². The maximum absolute atomic E-state index is 5.95. The molecule has 0 atom stereocenters. The summed E-state index contributed by atoms with van der Waals surface area (Å²) in [6, 6.07) is 14.0. The van der Waals surface area contributed by atoms with E-state index in [4.69, 9.17) is 16.3 Å². The van der Waals surface area contributed by atoms with Gasteiger partial charge in [-0.3, -0.25) is 0 Å². The summed E-state index contributed by atoms with van der Waals surface area (Å²) in [5.74, 6) is 0.887. The molecule has 100 valence electrons. The van der Waals surface area contributed by atoms with Crippen LogP contribution in [0, 0.1) is 0 Å². The summed E-state index contributed by atoms with van der Waals surface area (Å²) in [5, 5.41) is 4.09. The van der Waals surface area contributed by atoms with Crippen molar-refractivity contribution in [2.45, 2.75) is 6.42 Å². The Kier molecular flexibility index (Phi) is 5.11. The van der Waals surface area contributed by atoms with Crippen LogP contribution in [-0.2, 0) is 6.42 Å². The minimum absolute atomic E-state index is 0.723. The van der Waals surface area contributed by atoms with Crippen molar-refractivity contribution in [1.29, 1.82) is 0 Å². The molecule has 0 spiro atoms. The molecular weight excluding hydrogens is 326 g/mol. The molecule has 0 amide bonds. The lowest BCUT2D eigenvalue weighted by atomic mass is 10.1. The molecule has 0 aliphatic heterocycles. The number of ether oxygens (including phenoxy) is 1. The maximum atomic E-state index is 5.95. The topological polar surface area (TPSA) is 21.3 Å². The van der Waals surface area contributed by atoms with E-state index in [-0.39, 0.29) is 0 Å². The highest BCUT2D eigenvalue weighted by molar-refractivity contribution is 9.10. The monoisotopic (exact) mass is 339 g/mol. The maximum Gasteiger partial charge on any atom is 0.118 e. The van der Waals surface area contributed by atoms with Crippen LogP contribution in [0.25, 0.3) is 0 Å². The number of hydrogen-bond donors (Lipinski definition) is 1. The first kappa shape index (κ1) is 14.2. The van der Waals surface area contributed by atoms with Crippen molar-refractivity contribution in [2.75, 3.05) is 19.0 Å². The molecule has 19 heavy (non-hydrogen) atoms. The third-order valence-electron chi connectivity index (χ3n) is 2.82. The fourth-order valence-corrected chi connectivity index (χ4v) is 2.25. The molecule has 0 heterocycles. The van der Waals surface area contributed by atoms with Crippen molar-refractivity contribution in [3.8, 4) is 5.75 Å². The van der Waals surface area contributed by atoms with E-state index < -0.39 is 0 Å². The first-order valence-corrected chi connectivity index (χ1v) is 7.18. The molecule has 0 radical (unpaired) electrons. The number of hydrogen-bond acceptors (Lipinski definition) is 2. The quantitative estimate of drug-likeness (QED) is 0.847. The fraction of sp³-hybridized carbons (Fsp3) is 0.200. The van der Waals surface area contributed by atoms with Gasteiger partial charge < -0.3 is 10.1 Å². The van der Waals surface area contributed by atoms with Crippen LogP contribution in [0.15, 0.2) is 46.9 Å². The predicted octanol–water partition coefficient (Wildman–Crippen LogP) is 4.77. The molecule has 0 bridgehead atoms. The molecule has 0 aliphatic rings. The highest BCUT2D eigenvalue weighted by Crippen LogP contribution is 2.25. The molecule has 0 aliphatic carbocycles. The third-order valence-corrected chi connectivity index (χ3v) is 4.04. The largest absolute Gasteiger partial charge is 0.497 e. The number of rotatable bonds is 5. The van der Waals surface area contributed by atoms with E-state index in [1.165, 1.54) is 5.56 Å². The Bertz CT molecular complexity index is 542. The van der Waals surface area contributed by atoms with Gasteiger partial charge in [0.05, 0.1) is 12.1 Å². The van der Waals surface area contributed by atoms with Crippen LogP contribution in [0.2, 0.25) is 5.02 Å². The fourth-order valence-electron chi connectivity index (χ4n) is 1.75. The van der Waals surface area contributed by atoms with Crippen molar-refractivity contribution in [1.82, 2.24) is 0 Å². The molecule has 0 saturated carbocycles. The summed E-state index contributed by atoms with van der Waals surface area (Å²) >= 11 is 9.37. The highest BCUT2D eigenvalue weighted by atomic mass is 79.9. The molecule has 2 rings (SSSR count). The van der Waals surface area contributed by atoms with Gasteiger partial charge in [-0.2, -0.15) is 0 Å².